The van der Waals surface area contributed by atoms with E-state index >= 15 is 0 Å². The molecule has 4 rings (SSSR count). The van der Waals surface area contributed by atoms with E-state index in [0.29, 0.717) is 24.4 Å². The van der Waals surface area contributed by atoms with Gasteiger partial charge in [0.1, 0.15) is 5.82 Å². The molecule has 1 aromatic carbocycles. The molecule has 0 spiro atoms. The minimum atomic E-state index is 0.547. The summed E-state index contributed by atoms with van der Waals surface area (Å²) >= 11 is 0. The molecule has 2 aromatic rings. The molecule has 2 N–H and O–H groups in total. The number of anilines is 3. The van der Waals surface area contributed by atoms with E-state index in [1.54, 1.807) is 7.11 Å². The second-order valence-corrected chi connectivity index (χ2v) is 8.87. The minimum Gasteiger partial charge on any atom is -0.493 e. The number of aromatic nitrogens is 2. The molecular weight excluding hydrogens is 406 g/mol. The third kappa shape index (κ3) is 6.23. The standard InChI is InChI=1S/C24H35N5O3/c1-17-12-23(25-14-18-7-10-31-11-8-18)28-24(26-17)27-20-4-5-21(30-3)22(13-20)32-16-19-6-9-29(2)15-19/h4-5,12-13,18-19H,6-11,14-16H2,1-3H3,(H2,25,26,27,28). The molecule has 2 aliphatic rings. The Morgan fingerprint density at radius 1 is 1.09 bits per heavy atom. The van der Waals surface area contributed by atoms with Crippen LogP contribution in [0.2, 0.25) is 0 Å². The average molecular weight is 442 g/mol. The van der Waals surface area contributed by atoms with E-state index < -0.39 is 0 Å². The Hall–Kier alpha value is -2.58. The number of ether oxygens (including phenoxy) is 3. The molecule has 2 fully saturated rings. The highest BCUT2D eigenvalue weighted by Gasteiger charge is 2.21. The van der Waals surface area contributed by atoms with Gasteiger partial charge in [-0.25, -0.2) is 4.98 Å². The predicted octanol–water partition coefficient (Wildman–Crippen LogP) is 3.71. The van der Waals surface area contributed by atoms with Crippen LogP contribution in [0.3, 0.4) is 0 Å². The maximum Gasteiger partial charge on any atom is 0.229 e. The van der Waals surface area contributed by atoms with Gasteiger partial charge >= 0.3 is 0 Å². The molecule has 1 aromatic heterocycles. The van der Waals surface area contributed by atoms with E-state index in [1.165, 1.54) is 0 Å². The van der Waals surface area contributed by atoms with Gasteiger partial charge in [0.15, 0.2) is 11.5 Å². The van der Waals surface area contributed by atoms with E-state index in [1.807, 2.05) is 31.2 Å². The number of nitrogens with zero attached hydrogens (tertiary/aromatic N) is 3. The van der Waals surface area contributed by atoms with Gasteiger partial charge in [0, 0.05) is 55.7 Å². The average Bonchev–Trinajstić information content (AvgIpc) is 3.22. The molecule has 32 heavy (non-hydrogen) atoms. The van der Waals surface area contributed by atoms with Gasteiger partial charge in [-0.3, -0.25) is 0 Å². The van der Waals surface area contributed by atoms with Gasteiger partial charge in [-0.1, -0.05) is 0 Å². The fourth-order valence-electron chi connectivity index (χ4n) is 4.28. The lowest BCUT2D eigenvalue weighted by Crippen LogP contribution is -2.23. The normalized spacial score (nSPS) is 19.7. The third-order valence-electron chi connectivity index (χ3n) is 6.15. The van der Waals surface area contributed by atoms with Crippen molar-refractivity contribution in [2.24, 2.45) is 11.8 Å². The van der Waals surface area contributed by atoms with E-state index in [-0.39, 0.29) is 0 Å². The van der Waals surface area contributed by atoms with E-state index in [2.05, 4.69) is 32.5 Å². The molecule has 174 valence electrons. The van der Waals surface area contributed by atoms with Crippen LogP contribution in [0.4, 0.5) is 17.5 Å². The molecular formula is C24H35N5O3. The first-order chi connectivity index (χ1) is 15.6. The van der Waals surface area contributed by atoms with Crippen LogP contribution in [0.25, 0.3) is 0 Å². The zero-order valence-electron chi connectivity index (χ0n) is 19.4. The van der Waals surface area contributed by atoms with Crippen LogP contribution >= 0.6 is 0 Å². The Labute approximate surface area is 190 Å². The highest BCUT2D eigenvalue weighted by Crippen LogP contribution is 2.32. The minimum absolute atomic E-state index is 0.547. The number of rotatable bonds is 9. The molecule has 1 unspecified atom stereocenters. The van der Waals surface area contributed by atoms with Crippen LogP contribution in [0.5, 0.6) is 11.5 Å². The highest BCUT2D eigenvalue weighted by molar-refractivity contribution is 5.60. The van der Waals surface area contributed by atoms with E-state index in [9.17, 15) is 0 Å². The zero-order valence-corrected chi connectivity index (χ0v) is 19.4. The smallest absolute Gasteiger partial charge is 0.229 e. The summed E-state index contributed by atoms with van der Waals surface area (Å²) in [5.74, 6) is 4.03. The van der Waals surface area contributed by atoms with Crippen LogP contribution in [-0.2, 0) is 4.74 Å². The van der Waals surface area contributed by atoms with Crippen molar-refractivity contribution in [2.45, 2.75) is 26.2 Å². The van der Waals surface area contributed by atoms with Gasteiger partial charge in [-0.05, 0) is 57.8 Å². The van der Waals surface area contributed by atoms with Crippen molar-refractivity contribution in [1.29, 1.82) is 0 Å². The lowest BCUT2D eigenvalue weighted by atomic mass is 10.0. The monoisotopic (exact) mass is 441 g/mol. The number of hydrogen-bond donors (Lipinski definition) is 2. The fourth-order valence-corrected chi connectivity index (χ4v) is 4.28. The van der Waals surface area contributed by atoms with Gasteiger partial charge < -0.3 is 29.7 Å². The quantitative estimate of drug-likeness (QED) is 0.610. The van der Waals surface area contributed by atoms with Crippen molar-refractivity contribution < 1.29 is 14.2 Å². The van der Waals surface area contributed by atoms with Gasteiger partial charge in [-0.15, -0.1) is 0 Å². The van der Waals surface area contributed by atoms with Crippen molar-refractivity contribution in [2.75, 3.05) is 64.2 Å². The molecule has 0 bridgehead atoms. The molecule has 8 heteroatoms. The van der Waals surface area contributed by atoms with Crippen molar-refractivity contribution in [3.8, 4) is 11.5 Å². The Morgan fingerprint density at radius 2 is 1.94 bits per heavy atom. The Balaban J connectivity index is 1.40. The molecule has 0 aliphatic carbocycles. The van der Waals surface area contributed by atoms with E-state index in [4.69, 9.17) is 14.2 Å². The molecule has 3 heterocycles. The van der Waals surface area contributed by atoms with Crippen molar-refractivity contribution in [3.05, 3.63) is 30.0 Å². The first-order valence-electron chi connectivity index (χ1n) is 11.5. The summed E-state index contributed by atoms with van der Waals surface area (Å²) < 4.78 is 17.1. The van der Waals surface area contributed by atoms with Gasteiger partial charge in [0.2, 0.25) is 5.95 Å². The molecule has 1 atom stereocenters. The largest absolute Gasteiger partial charge is 0.493 e. The zero-order chi connectivity index (χ0) is 22.3. The van der Waals surface area contributed by atoms with Crippen LogP contribution < -0.4 is 20.1 Å². The van der Waals surface area contributed by atoms with Crippen LogP contribution in [0.15, 0.2) is 24.3 Å². The summed E-state index contributed by atoms with van der Waals surface area (Å²) in [4.78, 5) is 11.6. The lowest BCUT2D eigenvalue weighted by molar-refractivity contribution is 0.0699. The number of nitrogens with one attached hydrogen (secondary N) is 2. The maximum absolute atomic E-state index is 6.14. The van der Waals surface area contributed by atoms with Gasteiger partial charge in [-0.2, -0.15) is 4.98 Å². The number of hydrogen-bond acceptors (Lipinski definition) is 8. The summed E-state index contributed by atoms with van der Waals surface area (Å²) in [6.07, 6.45) is 3.35. The number of likely N-dealkylation sites (tertiary alicyclic amines) is 1. The molecule has 0 saturated carbocycles. The second-order valence-electron chi connectivity index (χ2n) is 8.87. The predicted molar refractivity (Wildman–Crippen MR) is 126 cm³/mol. The van der Waals surface area contributed by atoms with Crippen LogP contribution in [-0.4, -0.2) is 68.5 Å². The van der Waals surface area contributed by atoms with Crippen LogP contribution in [0.1, 0.15) is 25.0 Å². The second kappa shape index (κ2) is 10.8. The number of benzene rings is 1. The summed E-state index contributed by atoms with van der Waals surface area (Å²) in [7, 11) is 3.82. The highest BCUT2D eigenvalue weighted by atomic mass is 16.5. The molecule has 2 saturated heterocycles. The molecule has 0 radical (unpaired) electrons. The molecule has 0 amide bonds. The van der Waals surface area contributed by atoms with Gasteiger partial charge in [0.05, 0.1) is 13.7 Å². The Kier molecular flexibility index (Phi) is 7.65. The first-order valence-corrected chi connectivity index (χ1v) is 11.5. The lowest BCUT2D eigenvalue weighted by Gasteiger charge is -2.22. The Morgan fingerprint density at radius 3 is 2.69 bits per heavy atom. The van der Waals surface area contributed by atoms with Crippen molar-refractivity contribution >= 4 is 17.5 Å². The van der Waals surface area contributed by atoms with Crippen molar-refractivity contribution in [3.63, 3.8) is 0 Å². The molecule has 2 aliphatic heterocycles. The fraction of sp³-hybridized carbons (Fsp3) is 0.583. The maximum atomic E-state index is 6.14. The van der Waals surface area contributed by atoms with Crippen molar-refractivity contribution in [1.82, 2.24) is 14.9 Å². The third-order valence-corrected chi connectivity index (χ3v) is 6.15. The SMILES string of the molecule is COc1ccc(Nc2nc(C)cc(NCC3CCOCC3)n2)cc1OCC1CCN(C)C1. The summed E-state index contributed by atoms with van der Waals surface area (Å²) in [6.45, 7) is 7.46. The summed E-state index contributed by atoms with van der Waals surface area (Å²) in [5, 5.41) is 6.79. The first kappa shape index (κ1) is 22.6. The van der Waals surface area contributed by atoms with Gasteiger partial charge in [0.25, 0.3) is 0 Å². The molecule has 8 nitrogen and oxygen atoms in total. The number of aryl methyl sites for hydroxylation is 1. The number of methoxy groups -OCH3 is 1. The topological polar surface area (TPSA) is 80.8 Å². The van der Waals surface area contributed by atoms with E-state index in [0.717, 1.165) is 80.8 Å². The summed E-state index contributed by atoms with van der Waals surface area (Å²) in [5.41, 5.74) is 1.78. The Bertz CT molecular complexity index is 888. The summed E-state index contributed by atoms with van der Waals surface area (Å²) in [6, 6.07) is 7.80. The van der Waals surface area contributed by atoms with Crippen LogP contribution in [0, 0.1) is 18.8 Å².